The maximum atomic E-state index is 12.4. The van der Waals surface area contributed by atoms with Crippen molar-refractivity contribution >= 4 is 29.3 Å². The molecule has 5 nitrogen and oxygen atoms in total. The molecule has 1 fully saturated rings. The smallest absolute Gasteiger partial charge is 0.230 e. The van der Waals surface area contributed by atoms with E-state index in [0.29, 0.717) is 23.4 Å². The Labute approximate surface area is 186 Å². The summed E-state index contributed by atoms with van der Waals surface area (Å²) in [7, 11) is 0. The van der Waals surface area contributed by atoms with E-state index in [-0.39, 0.29) is 5.91 Å². The molecule has 156 valence electrons. The number of hydrogen-bond acceptors (Lipinski definition) is 4. The molecule has 1 aliphatic rings. The van der Waals surface area contributed by atoms with Crippen LogP contribution in [0, 0.1) is 6.92 Å². The maximum absolute atomic E-state index is 12.4. The summed E-state index contributed by atoms with van der Waals surface area (Å²) in [6, 6.07) is 16.2. The summed E-state index contributed by atoms with van der Waals surface area (Å²) in [5.74, 6) is 1.08. The standard InChI is InChI=1S/C23H25ClN4OS/c1-16-10-12-17(13-11-16)14-25-21(29)15-30-23-27-26-22(19-8-4-5-9-20(19)24)28(23)18-6-2-3-7-18/h4-5,8-13,18H,2-3,6-7,14-15H2,1H3,(H,25,29). The zero-order valence-electron chi connectivity index (χ0n) is 17.0. The number of nitrogens with one attached hydrogen (secondary N) is 1. The summed E-state index contributed by atoms with van der Waals surface area (Å²) >= 11 is 7.87. The van der Waals surface area contributed by atoms with E-state index in [1.165, 1.54) is 30.2 Å². The molecule has 0 bridgehead atoms. The highest BCUT2D eigenvalue weighted by atomic mass is 35.5. The second-order valence-electron chi connectivity index (χ2n) is 7.65. The predicted octanol–water partition coefficient (Wildman–Crippen LogP) is 5.43. The van der Waals surface area contributed by atoms with E-state index >= 15 is 0 Å². The quantitative estimate of drug-likeness (QED) is 0.497. The Balaban J connectivity index is 1.46. The number of rotatable bonds is 7. The molecule has 1 aromatic heterocycles. The van der Waals surface area contributed by atoms with Gasteiger partial charge in [-0.25, -0.2) is 0 Å². The maximum Gasteiger partial charge on any atom is 0.230 e. The van der Waals surface area contributed by atoms with Gasteiger partial charge in [0.1, 0.15) is 0 Å². The number of carbonyl (C=O) groups excluding carboxylic acids is 1. The van der Waals surface area contributed by atoms with Gasteiger partial charge in [-0.3, -0.25) is 9.36 Å². The minimum Gasteiger partial charge on any atom is -0.351 e. The number of benzene rings is 2. The van der Waals surface area contributed by atoms with Gasteiger partial charge in [-0.1, -0.05) is 78.2 Å². The second-order valence-corrected chi connectivity index (χ2v) is 9.00. The summed E-state index contributed by atoms with van der Waals surface area (Å²) in [5.41, 5.74) is 3.18. The van der Waals surface area contributed by atoms with Gasteiger partial charge in [0.25, 0.3) is 0 Å². The number of thioether (sulfide) groups is 1. The molecule has 30 heavy (non-hydrogen) atoms. The summed E-state index contributed by atoms with van der Waals surface area (Å²) in [4.78, 5) is 12.4. The minimum atomic E-state index is -0.0131. The Kier molecular flexibility index (Phi) is 6.75. The molecule has 1 aliphatic carbocycles. The zero-order valence-corrected chi connectivity index (χ0v) is 18.5. The molecule has 1 saturated carbocycles. The Hall–Kier alpha value is -2.31. The van der Waals surface area contributed by atoms with Gasteiger partial charge in [0.2, 0.25) is 5.91 Å². The molecule has 2 aromatic carbocycles. The van der Waals surface area contributed by atoms with Gasteiger partial charge in [-0.05, 0) is 37.5 Å². The molecular weight excluding hydrogens is 416 g/mol. The second kappa shape index (κ2) is 9.67. The van der Waals surface area contributed by atoms with Crippen molar-refractivity contribution in [3.05, 3.63) is 64.7 Å². The summed E-state index contributed by atoms with van der Waals surface area (Å²) in [5, 5.41) is 13.3. The van der Waals surface area contributed by atoms with Crippen LogP contribution >= 0.6 is 23.4 Å². The van der Waals surface area contributed by atoms with Crippen LogP contribution in [0.25, 0.3) is 11.4 Å². The van der Waals surface area contributed by atoms with Crippen molar-refractivity contribution in [2.75, 3.05) is 5.75 Å². The van der Waals surface area contributed by atoms with Crippen molar-refractivity contribution in [3.8, 4) is 11.4 Å². The third-order valence-electron chi connectivity index (χ3n) is 5.41. The number of aromatic nitrogens is 3. The largest absolute Gasteiger partial charge is 0.351 e. The van der Waals surface area contributed by atoms with Crippen molar-refractivity contribution in [2.45, 2.75) is 50.4 Å². The molecule has 0 aliphatic heterocycles. The first-order valence-corrected chi connectivity index (χ1v) is 11.6. The molecule has 0 radical (unpaired) electrons. The molecule has 0 unspecified atom stereocenters. The van der Waals surface area contributed by atoms with Crippen molar-refractivity contribution in [1.82, 2.24) is 20.1 Å². The van der Waals surface area contributed by atoms with Crippen LogP contribution in [0.1, 0.15) is 42.9 Å². The Bertz CT molecular complexity index is 1010. The van der Waals surface area contributed by atoms with E-state index in [1.54, 1.807) is 0 Å². The fourth-order valence-electron chi connectivity index (χ4n) is 3.78. The molecule has 1 amide bonds. The van der Waals surface area contributed by atoms with Gasteiger partial charge < -0.3 is 5.32 Å². The lowest BCUT2D eigenvalue weighted by molar-refractivity contribution is -0.118. The fourth-order valence-corrected chi connectivity index (χ4v) is 4.84. The first-order chi connectivity index (χ1) is 14.6. The van der Waals surface area contributed by atoms with Crippen molar-refractivity contribution < 1.29 is 4.79 Å². The predicted molar refractivity (Wildman–Crippen MR) is 122 cm³/mol. The summed E-state index contributed by atoms with van der Waals surface area (Å²) in [6.07, 6.45) is 4.60. The van der Waals surface area contributed by atoms with Gasteiger partial charge in [0.05, 0.1) is 10.8 Å². The first-order valence-electron chi connectivity index (χ1n) is 10.3. The van der Waals surface area contributed by atoms with Gasteiger partial charge in [-0.15, -0.1) is 10.2 Å². The first kappa shape index (κ1) is 20.9. The number of hydrogen-bond donors (Lipinski definition) is 1. The van der Waals surface area contributed by atoms with Gasteiger partial charge in [0, 0.05) is 18.2 Å². The lowest BCUT2D eigenvalue weighted by Crippen LogP contribution is -2.24. The van der Waals surface area contributed by atoms with Crippen LogP contribution in [-0.4, -0.2) is 26.4 Å². The average molecular weight is 441 g/mol. The fraction of sp³-hybridized carbons (Fsp3) is 0.348. The van der Waals surface area contributed by atoms with Crippen LogP contribution in [-0.2, 0) is 11.3 Å². The number of carbonyl (C=O) groups is 1. The van der Waals surface area contributed by atoms with Gasteiger partial charge in [0.15, 0.2) is 11.0 Å². The van der Waals surface area contributed by atoms with E-state index in [4.69, 9.17) is 11.6 Å². The molecule has 1 heterocycles. The number of halogens is 1. The number of amides is 1. The van der Waals surface area contributed by atoms with E-state index < -0.39 is 0 Å². The third kappa shape index (κ3) is 4.87. The van der Waals surface area contributed by atoms with Crippen molar-refractivity contribution in [2.24, 2.45) is 0 Å². The number of nitrogens with zero attached hydrogens (tertiary/aromatic N) is 3. The van der Waals surface area contributed by atoms with E-state index in [2.05, 4.69) is 39.1 Å². The summed E-state index contributed by atoms with van der Waals surface area (Å²) in [6.45, 7) is 2.58. The minimum absolute atomic E-state index is 0.0131. The summed E-state index contributed by atoms with van der Waals surface area (Å²) < 4.78 is 2.19. The highest BCUT2D eigenvalue weighted by Gasteiger charge is 2.26. The zero-order chi connectivity index (χ0) is 20.9. The monoisotopic (exact) mass is 440 g/mol. The van der Waals surface area contributed by atoms with Crippen molar-refractivity contribution in [1.29, 1.82) is 0 Å². The van der Waals surface area contributed by atoms with Gasteiger partial charge in [-0.2, -0.15) is 0 Å². The average Bonchev–Trinajstić information content (AvgIpc) is 3.42. The van der Waals surface area contributed by atoms with Gasteiger partial charge >= 0.3 is 0 Å². The molecular formula is C23H25ClN4OS. The lowest BCUT2D eigenvalue weighted by Gasteiger charge is -2.17. The van der Waals surface area contributed by atoms with Crippen molar-refractivity contribution in [3.63, 3.8) is 0 Å². The van der Waals surface area contributed by atoms with Crippen LogP contribution in [0.2, 0.25) is 5.02 Å². The highest BCUT2D eigenvalue weighted by molar-refractivity contribution is 7.99. The third-order valence-corrected chi connectivity index (χ3v) is 6.68. The van der Waals surface area contributed by atoms with Crippen LogP contribution in [0.3, 0.4) is 0 Å². The van der Waals surface area contributed by atoms with Crippen LogP contribution < -0.4 is 5.32 Å². The Morgan fingerprint density at radius 1 is 1.13 bits per heavy atom. The van der Waals surface area contributed by atoms with Crippen LogP contribution in [0.5, 0.6) is 0 Å². The molecule has 1 N–H and O–H groups in total. The topological polar surface area (TPSA) is 59.8 Å². The normalized spacial score (nSPS) is 14.2. The Morgan fingerprint density at radius 2 is 1.87 bits per heavy atom. The van der Waals surface area contributed by atoms with Crippen LogP contribution in [0.4, 0.5) is 0 Å². The molecule has 4 rings (SSSR count). The van der Waals surface area contributed by atoms with Crippen LogP contribution in [0.15, 0.2) is 53.7 Å². The lowest BCUT2D eigenvalue weighted by atomic mass is 10.1. The van der Waals surface area contributed by atoms with E-state index in [9.17, 15) is 4.79 Å². The van der Waals surface area contributed by atoms with E-state index in [1.807, 2.05) is 36.4 Å². The molecule has 7 heteroatoms. The van der Waals surface area contributed by atoms with E-state index in [0.717, 1.165) is 34.9 Å². The highest BCUT2D eigenvalue weighted by Crippen LogP contribution is 2.38. The molecule has 0 saturated heterocycles. The SMILES string of the molecule is Cc1ccc(CNC(=O)CSc2nnc(-c3ccccc3Cl)n2C2CCCC2)cc1. The Morgan fingerprint density at radius 3 is 2.60 bits per heavy atom. The molecule has 0 atom stereocenters. The molecule has 3 aromatic rings. The number of aryl methyl sites for hydroxylation is 1. The molecule has 0 spiro atoms.